The van der Waals surface area contributed by atoms with E-state index in [1.54, 1.807) is 17.1 Å². The van der Waals surface area contributed by atoms with Crippen molar-refractivity contribution in [2.75, 3.05) is 0 Å². The molecule has 0 saturated heterocycles. The lowest BCUT2D eigenvalue weighted by atomic mass is 10.2. The van der Waals surface area contributed by atoms with Gasteiger partial charge in [0.15, 0.2) is 0 Å². The molecule has 1 amide bonds. The highest BCUT2D eigenvalue weighted by Crippen LogP contribution is 2.12. The first-order valence-corrected chi connectivity index (χ1v) is 8.92. The summed E-state index contributed by atoms with van der Waals surface area (Å²) in [6.45, 7) is 0.104. The number of hydrogen-bond donors (Lipinski definition) is 2. The number of primary amides is 1. The molecule has 3 rings (SSSR count). The van der Waals surface area contributed by atoms with Gasteiger partial charge in [-0.15, -0.1) is 0 Å². The number of para-hydroxylation sites is 1. The van der Waals surface area contributed by atoms with Crippen molar-refractivity contribution in [2.45, 2.75) is 11.4 Å². The number of amides is 1. The fourth-order valence-electron chi connectivity index (χ4n) is 2.23. The molecular weight excluding hydrogens is 340 g/mol. The first-order chi connectivity index (χ1) is 12.0. The third-order valence-corrected chi connectivity index (χ3v) is 4.99. The lowest BCUT2D eigenvalue weighted by Crippen LogP contribution is -2.23. The van der Waals surface area contributed by atoms with Gasteiger partial charge in [-0.1, -0.05) is 18.2 Å². The Labute approximate surface area is 145 Å². The van der Waals surface area contributed by atoms with Crippen LogP contribution in [-0.2, 0) is 16.6 Å². The molecule has 0 atom stereocenters. The normalized spacial score (nSPS) is 11.4. The maximum absolute atomic E-state index is 12.3. The van der Waals surface area contributed by atoms with E-state index in [1.807, 2.05) is 30.3 Å². The van der Waals surface area contributed by atoms with Crippen molar-refractivity contribution in [1.82, 2.24) is 14.5 Å². The number of carbonyl (C=O) groups excluding carboxylic acids is 1. The SMILES string of the molecule is NC(=O)c1ccc(S(=O)(=O)NCc2cnn(-c3ccccc3)c2)cc1. The van der Waals surface area contributed by atoms with E-state index in [0.29, 0.717) is 0 Å². The van der Waals surface area contributed by atoms with E-state index in [4.69, 9.17) is 5.73 Å². The lowest BCUT2D eigenvalue weighted by Gasteiger charge is -2.06. The number of hydrogen-bond acceptors (Lipinski definition) is 4. The summed E-state index contributed by atoms with van der Waals surface area (Å²) in [4.78, 5) is 11.1. The monoisotopic (exact) mass is 356 g/mol. The zero-order valence-corrected chi connectivity index (χ0v) is 14.0. The number of sulfonamides is 1. The summed E-state index contributed by atoms with van der Waals surface area (Å²) in [6, 6.07) is 15.0. The summed E-state index contributed by atoms with van der Waals surface area (Å²) < 4.78 is 28.8. The van der Waals surface area contributed by atoms with Gasteiger partial charge in [-0.25, -0.2) is 17.8 Å². The first-order valence-electron chi connectivity index (χ1n) is 7.44. The Morgan fingerprint density at radius 1 is 1.08 bits per heavy atom. The Morgan fingerprint density at radius 3 is 2.40 bits per heavy atom. The molecule has 0 aliphatic carbocycles. The quantitative estimate of drug-likeness (QED) is 0.697. The van der Waals surface area contributed by atoms with Crippen LogP contribution in [-0.4, -0.2) is 24.1 Å². The molecule has 3 aromatic rings. The van der Waals surface area contributed by atoms with Crippen LogP contribution in [0.1, 0.15) is 15.9 Å². The van der Waals surface area contributed by atoms with Gasteiger partial charge < -0.3 is 5.73 Å². The van der Waals surface area contributed by atoms with E-state index in [-0.39, 0.29) is 17.0 Å². The Morgan fingerprint density at radius 2 is 1.76 bits per heavy atom. The van der Waals surface area contributed by atoms with Crippen molar-refractivity contribution in [3.63, 3.8) is 0 Å². The van der Waals surface area contributed by atoms with E-state index in [2.05, 4.69) is 9.82 Å². The largest absolute Gasteiger partial charge is 0.366 e. The lowest BCUT2D eigenvalue weighted by molar-refractivity contribution is 0.1000. The number of benzene rings is 2. The number of nitrogens with zero attached hydrogens (tertiary/aromatic N) is 2. The molecule has 25 heavy (non-hydrogen) atoms. The van der Waals surface area contributed by atoms with E-state index >= 15 is 0 Å². The average molecular weight is 356 g/mol. The maximum atomic E-state index is 12.3. The predicted octanol–water partition coefficient (Wildman–Crippen LogP) is 1.45. The maximum Gasteiger partial charge on any atom is 0.248 e. The summed E-state index contributed by atoms with van der Waals surface area (Å²) in [7, 11) is -3.70. The predicted molar refractivity (Wildman–Crippen MR) is 92.5 cm³/mol. The molecule has 0 aliphatic heterocycles. The molecule has 0 radical (unpaired) electrons. The van der Waals surface area contributed by atoms with Gasteiger partial charge in [0.2, 0.25) is 15.9 Å². The van der Waals surface area contributed by atoms with Crippen molar-refractivity contribution >= 4 is 15.9 Å². The van der Waals surface area contributed by atoms with Gasteiger partial charge >= 0.3 is 0 Å². The minimum absolute atomic E-state index is 0.0629. The molecule has 7 nitrogen and oxygen atoms in total. The van der Waals surface area contributed by atoms with E-state index in [9.17, 15) is 13.2 Å². The second kappa shape index (κ2) is 6.88. The number of nitrogens with one attached hydrogen (secondary N) is 1. The number of carbonyl (C=O) groups is 1. The van der Waals surface area contributed by atoms with Crippen LogP contribution in [0.15, 0.2) is 71.9 Å². The number of aromatic nitrogens is 2. The Bertz CT molecular complexity index is 980. The smallest absolute Gasteiger partial charge is 0.248 e. The number of nitrogens with two attached hydrogens (primary N) is 1. The molecule has 8 heteroatoms. The topological polar surface area (TPSA) is 107 Å². The molecule has 1 aromatic heterocycles. The van der Waals surface area contributed by atoms with E-state index in [0.717, 1.165) is 11.3 Å². The highest BCUT2D eigenvalue weighted by Gasteiger charge is 2.14. The average Bonchev–Trinajstić information content (AvgIpc) is 3.10. The highest BCUT2D eigenvalue weighted by atomic mass is 32.2. The van der Waals surface area contributed by atoms with Crippen LogP contribution in [0.25, 0.3) is 5.69 Å². The molecule has 0 unspecified atom stereocenters. The standard InChI is InChI=1S/C17H16N4O3S/c18-17(22)14-6-8-16(9-7-14)25(23,24)20-11-13-10-19-21(12-13)15-4-2-1-3-5-15/h1-10,12,20H,11H2,(H2,18,22). The summed E-state index contributed by atoms with van der Waals surface area (Å²) >= 11 is 0. The summed E-state index contributed by atoms with van der Waals surface area (Å²) in [6.07, 6.45) is 3.36. The highest BCUT2D eigenvalue weighted by molar-refractivity contribution is 7.89. The molecule has 0 bridgehead atoms. The second-order valence-electron chi connectivity index (χ2n) is 5.34. The van der Waals surface area contributed by atoms with E-state index in [1.165, 1.54) is 24.3 Å². The zero-order chi connectivity index (χ0) is 17.9. The molecule has 3 N–H and O–H groups in total. The van der Waals surface area contributed by atoms with Crippen LogP contribution in [0.3, 0.4) is 0 Å². The molecule has 0 fully saturated rings. The van der Waals surface area contributed by atoms with Gasteiger partial charge in [0, 0.05) is 23.9 Å². The molecule has 128 valence electrons. The summed E-state index contributed by atoms with van der Waals surface area (Å²) in [5, 5.41) is 4.22. The van der Waals surface area contributed by atoms with Crippen molar-refractivity contribution in [3.8, 4) is 5.69 Å². The first kappa shape index (κ1) is 16.9. The second-order valence-corrected chi connectivity index (χ2v) is 7.11. The van der Waals surface area contributed by atoms with Crippen molar-refractivity contribution in [1.29, 1.82) is 0 Å². The third kappa shape index (κ3) is 3.93. The van der Waals surface area contributed by atoms with Crippen LogP contribution in [0.4, 0.5) is 0 Å². The Kier molecular flexibility index (Phi) is 4.64. The van der Waals surface area contributed by atoms with Gasteiger partial charge in [-0.05, 0) is 36.4 Å². The van der Waals surface area contributed by atoms with Crippen molar-refractivity contribution < 1.29 is 13.2 Å². The molecule has 1 heterocycles. The minimum Gasteiger partial charge on any atom is -0.366 e. The van der Waals surface area contributed by atoms with Gasteiger partial charge in [0.1, 0.15) is 0 Å². The number of rotatable bonds is 6. The Balaban J connectivity index is 1.70. The zero-order valence-electron chi connectivity index (χ0n) is 13.2. The third-order valence-electron chi connectivity index (χ3n) is 3.57. The van der Waals surface area contributed by atoms with Crippen LogP contribution in [0.2, 0.25) is 0 Å². The molecule has 0 spiro atoms. The molecule has 2 aromatic carbocycles. The van der Waals surface area contributed by atoms with Crippen LogP contribution < -0.4 is 10.5 Å². The fourth-order valence-corrected chi connectivity index (χ4v) is 3.25. The van der Waals surface area contributed by atoms with Crippen LogP contribution in [0, 0.1) is 0 Å². The van der Waals surface area contributed by atoms with Gasteiger partial charge in [0.25, 0.3) is 0 Å². The van der Waals surface area contributed by atoms with Crippen LogP contribution >= 0.6 is 0 Å². The minimum atomic E-state index is -3.70. The van der Waals surface area contributed by atoms with Gasteiger partial charge in [-0.2, -0.15) is 5.10 Å². The molecule has 0 saturated carbocycles. The van der Waals surface area contributed by atoms with Crippen molar-refractivity contribution in [3.05, 3.63) is 78.1 Å². The Hall–Kier alpha value is -2.97. The van der Waals surface area contributed by atoms with E-state index < -0.39 is 15.9 Å². The summed E-state index contributed by atoms with van der Waals surface area (Å²) in [5.41, 5.74) is 7.01. The van der Waals surface area contributed by atoms with Gasteiger partial charge in [-0.3, -0.25) is 4.79 Å². The molecule has 0 aliphatic rings. The fraction of sp³-hybridized carbons (Fsp3) is 0.0588. The summed E-state index contributed by atoms with van der Waals surface area (Å²) in [5.74, 6) is -0.606. The van der Waals surface area contributed by atoms with Gasteiger partial charge in [0.05, 0.1) is 16.8 Å². The van der Waals surface area contributed by atoms with Crippen molar-refractivity contribution in [2.24, 2.45) is 5.73 Å². The molecular formula is C17H16N4O3S. The van der Waals surface area contributed by atoms with Crippen LogP contribution in [0.5, 0.6) is 0 Å².